The van der Waals surface area contributed by atoms with Gasteiger partial charge >= 0.3 is 0 Å². The van der Waals surface area contributed by atoms with Gasteiger partial charge in [0.15, 0.2) is 0 Å². The minimum Gasteiger partial charge on any atom is -0.522 e. The van der Waals surface area contributed by atoms with Gasteiger partial charge in [-0.15, -0.1) is 6.07 Å². The fraction of sp³-hybridized carbons (Fsp3) is 0.278. The fourth-order valence-electron chi connectivity index (χ4n) is 2.34. The molecule has 102 valence electrons. The van der Waals surface area contributed by atoms with Crippen LogP contribution in [-0.2, 0) is 6.42 Å². The van der Waals surface area contributed by atoms with E-state index >= 15 is 0 Å². The van der Waals surface area contributed by atoms with E-state index in [-0.39, 0.29) is 0 Å². The predicted octanol–water partition coefficient (Wildman–Crippen LogP) is 4.38. The summed E-state index contributed by atoms with van der Waals surface area (Å²) in [6.45, 7) is 2.17. The number of hydrogen-bond donors (Lipinski definition) is 0. The molecule has 2 rings (SSSR count). The summed E-state index contributed by atoms with van der Waals surface area (Å²) in [5, 5.41) is 9.31. The summed E-state index contributed by atoms with van der Waals surface area (Å²) in [6.07, 6.45) is 3.18. The van der Waals surface area contributed by atoms with Crippen molar-refractivity contribution in [2.45, 2.75) is 26.2 Å². The molecule has 0 amide bonds. The summed E-state index contributed by atoms with van der Waals surface area (Å²) in [4.78, 5) is 0. The van der Waals surface area contributed by atoms with E-state index in [1.807, 2.05) is 36.4 Å². The monoisotopic (exact) mass is 264 g/mol. The molecule has 0 aliphatic rings. The molecule has 0 atom stereocenters. The molecule has 2 heteroatoms. The van der Waals surface area contributed by atoms with Gasteiger partial charge < -0.3 is 4.74 Å². The lowest BCUT2D eigenvalue weighted by atomic mass is 9.92. The zero-order chi connectivity index (χ0) is 14.4. The summed E-state index contributed by atoms with van der Waals surface area (Å²) >= 11 is 0. The Hall–Kier alpha value is -2.27. The second-order valence-corrected chi connectivity index (χ2v) is 4.66. The minimum absolute atomic E-state index is 0.670. The average molecular weight is 264 g/mol. The van der Waals surface area contributed by atoms with Crippen LogP contribution in [0.5, 0.6) is 5.75 Å². The summed E-state index contributed by atoms with van der Waals surface area (Å²) in [5.74, 6) is 0.803. The van der Waals surface area contributed by atoms with Crippen molar-refractivity contribution in [3.63, 3.8) is 0 Å². The Labute approximate surface area is 120 Å². The normalized spacial score (nSPS) is 10.1. The standard InChI is InChI=1S/C18H18NO/c1-3-4-8-14-10-7-12-17(20-2)18(14)16-11-6-5-9-15(16)13-19/h5-7,9,11-12H,3-4,8H2,1-2H3/q-1. The molecule has 0 bridgehead atoms. The summed E-state index contributed by atoms with van der Waals surface area (Å²) < 4.78 is 5.49. The molecule has 0 aliphatic carbocycles. The number of unbranched alkanes of at least 4 members (excludes halogenated alkanes) is 1. The van der Waals surface area contributed by atoms with Gasteiger partial charge in [-0.25, -0.2) is 0 Å². The first-order chi connectivity index (χ1) is 9.81. The van der Waals surface area contributed by atoms with Gasteiger partial charge in [-0.1, -0.05) is 55.5 Å². The SMILES string of the molecule is CCCCc1[c-]ccc(OC)c1-c1ccccc1C#N. The van der Waals surface area contributed by atoms with E-state index in [0.717, 1.165) is 41.7 Å². The zero-order valence-corrected chi connectivity index (χ0v) is 11.9. The van der Waals surface area contributed by atoms with Gasteiger partial charge in [0.05, 0.1) is 13.2 Å². The van der Waals surface area contributed by atoms with Crippen molar-refractivity contribution < 1.29 is 4.74 Å². The Morgan fingerprint density at radius 3 is 2.75 bits per heavy atom. The van der Waals surface area contributed by atoms with E-state index < -0.39 is 0 Å². The third-order valence-electron chi connectivity index (χ3n) is 3.36. The topological polar surface area (TPSA) is 33.0 Å². The lowest BCUT2D eigenvalue weighted by molar-refractivity contribution is 0.416. The zero-order valence-electron chi connectivity index (χ0n) is 11.9. The first-order valence-electron chi connectivity index (χ1n) is 6.88. The van der Waals surface area contributed by atoms with Crippen LogP contribution >= 0.6 is 0 Å². The van der Waals surface area contributed by atoms with Crippen molar-refractivity contribution in [3.8, 4) is 22.9 Å². The first kappa shape index (κ1) is 14.1. The number of nitriles is 1. The van der Waals surface area contributed by atoms with Crippen molar-refractivity contribution in [2.24, 2.45) is 0 Å². The second-order valence-electron chi connectivity index (χ2n) is 4.66. The minimum atomic E-state index is 0.670. The largest absolute Gasteiger partial charge is 0.522 e. The highest BCUT2D eigenvalue weighted by Gasteiger charge is 2.07. The summed E-state index contributed by atoms with van der Waals surface area (Å²) in [7, 11) is 1.66. The molecule has 0 fully saturated rings. The molecular weight excluding hydrogens is 246 g/mol. The van der Waals surface area contributed by atoms with Gasteiger partial charge in [-0.05, 0) is 6.07 Å². The molecule has 0 radical (unpaired) electrons. The number of hydrogen-bond acceptors (Lipinski definition) is 2. The average Bonchev–Trinajstić information content (AvgIpc) is 2.52. The van der Waals surface area contributed by atoms with Crippen molar-refractivity contribution in [1.82, 2.24) is 0 Å². The van der Waals surface area contributed by atoms with E-state index in [1.165, 1.54) is 0 Å². The van der Waals surface area contributed by atoms with Crippen molar-refractivity contribution in [3.05, 3.63) is 53.6 Å². The molecule has 0 aliphatic heterocycles. The first-order valence-corrected chi connectivity index (χ1v) is 6.88. The van der Waals surface area contributed by atoms with Gasteiger partial charge in [0.1, 0.15) is 0 Å². The number of methoxy groups -OCH3 is 1. The van der Waals surface area contributed by atoms with Gasteiger partial charge in [-0.3, -0.25) is 0 Å². The van der Waals surface area contributed by atoms with Crippen LogP contribution in [0.15, 0.2) is 36.4 Å². The Morgan fingerprint density at radius 1 is 1.25 bits per heavy atom. The Bertz CT molecular complexity index is 626. The molecular formula is C18H18NO-. The van der Waals surface area contributed by atoms with Crippen molar-refractivity contribution in [2.75, 3.05) is 7.11 Å². The van der Waals surface area contributed by atoms with Crippen LogP contribution in [0.4, 0.5) is 0 Å². The smallest absolute Gasteiger partial charge is 0.0986 e. The van der Waals surface area contributed by atoms with E-state index in [4.69, 9.17) is 4.74 Å². The van der Waals surface area contributed by atoms with Gasteiger partial charge in [0.25, 0.3) is 0 Å². The number of benzene rings is 2. The molecule has 2 nitrogen and oxygen atoms in total. The predicted molar refractivity (Wildman–Crippen MR) is 80.6 cm³/mol. The Morgan fingerprint density at radius 2 is 2.05 bits per heavy atom. The molecule has 2 aromatic rings. The quantitative estimate of drug-likeness (QED) is 0.751. The number of rotatable bonds is 5. The highest BCUT2D eigenvalue weighted by atomic mass is 16.5. The number of ether oxygens (including phenoxy) is 1. The molecule has 0 saturated carbocycles. The van der Waals surface area contributed by atoms with Crippen LogP contribution in [0.25, 0.3) is 11.1 Å². The number of aryl methyl sites for hydroxylation is 1. The Kier molecular flexibility index (Phi) is 4.79. The highest BCUT2D eigenvalue weighted by Crippen LogP contribution is 2.35. The third-order valence-corrected chi connectivity index (χ3v) is 3.36. The van der Waals surface area contributed by atoms with Crippen LogP contribution in [0.1, 0.15) is 30.9 Å². The van der Waals surface area contributed by atoms with Crippen LogP contribution < -0.4 is 4.74 Å². The summed E-state index contributed by atoms with van der Waals surface area (Å²) in [5.41, 5.74) is 3.72. The molecule has 0 aromatic heterocycles. The molecule has 2 aromatic carbocycles. The molecule has 0 N–H and O–H groups in total. The van der Waals surface area contributed by atoms with Crippen LogP contribution in [-0.4, -0.2) is 7.11 Å². The van der Waals surface area contributed by atoms with E-state index in [0.29, 0.717) is 5.56 Å². The van der Waals surface area contributed by atoms with E-state index in [1.54, 1.807) is 7.11 Å². The third kappa shape index (κ3) is 2.83. The van der Waals surface area contributed by atoms with Crippen LogP contribution in [0.3, 0.4) is 0 Å². The maximum Gasteiger partial charge on any atom is 0.0986 e. The molecule has 0 saturated heterocycles. The fourth-order valence-corrected chi connectivity index (χ4v) is 2.34. The maximum atomic E-state index is 9.31. The van der Waals surface area contributed by atoms with Crippen molar-refractivity contribution in [1.29, 1.82) is 5.26 Å². The van der Waals surface area contributed by atoms with Crippen molar-refractivity contribution >= 4 is 0 Å². The lowest BCUT2D eigenvalue weighted by Crippen LogP contribution is -1.97. The van der Waals surface area contributed by atoms with Crippen LogP contribution in [0, 0.1) is 17.4 Å². The molecule has 0 spiro atoms. The van der Waals surface area contributed by atoms with E-state index in [9.17, 15) is 5.26 Å². The van der Waals surface area contributed by atoms with Gasteiger partial charge in [0.2, 0.25) is 0 Å². The van der Waals surface area contributed by atoms with Gasteiger partial charge in [-0.2, -0.15) is 23.0 Å². The second kappa shape index (κ2) is 6.77. The van der Waals surface area contributed by atoms with Crippen LogP contribution in [0.2, 0.25) is 0 Å². The molecule has 0 unspecified atom stereocenters. The summed E-state index contributed by atoms with van der Waals surface area (Å²) in [6, 6.07) is 17.0. The Balaban J connectivity index is 2.61. The van der Waals surface area contributed by atoms with Gasteiger partial charge in [0, 0.05) is 11.3 Å². The highest BCUT2D eigenvalue weighted by molar-refractivity contribution is 5.78. The molecule has 20 heavy (non-hydrogen) atoms. The number of nitrogens with zero attached hydrogens (tertiary/aromatic N) is 1. The molecule has 0 heterocycles. The maximum absolute atomic E-state index is 9.31. The van der Waals surface area contributed by atoms with E-state index in [2.05, 4.69) is 19.1 Å². The lowest BCUT2D eigenvalue weighted by Gasteiger charge is -2.22.